The Bertz CT molecular complexity index is 971. The molecule has 0 heterocycles. The molecule has 0 bridgehead atoms. The van der Waals surface area contributed by atoms with Crippen LogP contribution in [-0.2, 0) is 9.53 Å². The third-order valence-corrected chi connectivity index (χ3v) is 4.94. The number of unbranched alkanes of at least 4 members (excludes halogenated alkanes) is 3. The van der Waals surface area contributed by atoms with Crippen molar-refractivity contribution in [2.75, 3.05) is 13.2 Å². The van der Waals surface area contributed by atoms with Gasteiger partial charge in [0.25, 0.3) is 0 Å². The zero-order valence-electron chi connectivity index (χ0n) is 16.4. The van der Waals surface area contributed by atoms with E-state index in [2.05, 4.69) is 0 Å². The Hall–Kier alpha value is -3.05. The molecule has 3 rings (SSSR count). The Morgan fingerprint density at radius 1 is 0.897 bits per heavy atom. The summed E-state index contributed by atoms with van der Waals surface area (Å²) in [6.45, 7) is 2.18. The summed E-state index contributed by atoms with van der Waals surface area (Å²) in [4.78, 5) is 37.6. The molecule has 0 amide bonds. The lowest BCUT2D eigenvalue weighted by molar-refractivity contribution is -0.139. The maximum Gasteiger partial charge on any atom is 0.333 e. The van der Waals surface area contributed by atoms with Crippen LogP contribution in [-0.4, -0.2) is 35.9 Å². The van der Waals surface area contributed by atoms with Crippen molar-refractivity contribution in [3.8, 4) is 0 Å². The number of fused-ring (bicyclic) bond motifs is 2. The standard InChI is InChI=1S/C24H24O5/c1-16(24(28)29-13-7-3-2-6-12-25)14-17-10-11-20-21(15-17)23(27)19-9-5-4-8-18(19)22(20)26/h4-5,8-11,14-15,25H,2-3,6-7,12-13H2,1H3. The molecular formula is C24H24O5. The number of esters is 1. The number of benzene rings is 2. The van der Waals surface area contributed by atoms with Crippen LogP contribution < -0.4 is 0 Å². The summed E-state index contributed by atoms with van der Waals surface area (Å²) in [5, 5.41) is 8.74. The molecule has 1 aliphatic carbocycles. The number of aliphatic hydroxyl groups excluding tert-OH is 1. The summed E-state index contributed by atoms with van der Waals surface area (Å²) in [5.41, 5.74) is 2.66. The summed E-state index contributed by atoms with van der Waals surface area (Å²) < 4.78 is 5.26. The summed E-state index contributed by atoms with van der Waals surface area (Å²) >= 11 is 0. The summed E-state index contributed by atoms with van der Waals surface area (Å²) in [7, 11) is 0. The van der Waals surface area contributed by atoms with E-state index >= 15 is 0 Å². The van der Waals surface area contributed by atoms with Crippen molar-refractivity contribution in [1.29, 1.82) is 0 Å². The van der Waals surface area contributed by atoms with Gasteiger partial charge in [0.15, 0.2) is 11.6 Å². The average Bonchev–Trinajstić information content (AvgIpc) is 2.74. The molecule has 1 N–H and O–H groups in total. The number of aliphatic hydroxyl groups is 1. The summed E-state index contributed by atoms with van der Waals surface area (Å²) in [6.07, 6.45) is 4.99. The van der Waals surface area contributed by atoms with Crippen LogP contribution in [0.5, 0.6) is 0 Å². The average molecular weight is 392 g/mol. The molecule has 0 aromatic heterocycles. The van der Waals surface area contributed by atoms with E-state index in [1.165, 1.54) is 0 Å². The molecule has 0 aliphatic heterocycles. The molecule has 0 radical (unpaired) electrons. The second-order valence-corrected chi connectivity index (χ2v) is 7.11. The highest BCUT2D eigenvalue weighted by atomic mass is 16.5. The SMILES string of the molecule is CC(=Cc1ccc2c(c1)C(=O)c1ccccc1C2=O)C(=O)OCCCCCCO. The first-order chi connectivity index (χ1) is 14.0. The molecule has 1 aliphatic rings. The highest BCUT2D eigenvalue weighted by molar-refractivity contribution is 6.28. The van der Waals surface area contributed by atoms with Crippen molar-refractivity contribution in [1.82, 2.24) is 0 Å². The number of hydrogen-bond acceptors (Lipinski definition) is 5. The second-order valence-electron chi connectivity index (χ2n) is 7.11. The molecule has 0 spiro atoms. The molecule has 150 valence electrons. The van der Waals surface area contributed by atoms with Crippen molar-refractivity contribution in [2.45, 2.75) is 32.6 Å². The monoisotopic (exact) mass is 392 g/mol. The van der Waals surface area contributed by atoms with Crippen molar-refractivity contribution < 1.29 is 24.2 Å². The molecule has 29 heavy (non-hydrogen) atoms. The van der Waals surface area contributed by atoms with Gasteiger partial charge in [-0.2, -0.15) is 0 Å². The smallest absolute Gasteiger partial charge is 0.333 e. The van der Waals surface area contributed by atoms with E-state index in [1.807, 2.05) is 0 Å². The Labute approximate surface area is 170 Å². The van der Waals surface area contributed by atoms with Crippen LogP contribution in [0.25, 0.3) is 6.08 Å². The molecule has 0 saturated carbocycles. The quantitative estimate of drug-likeness (QED) is 0.356. The highest BCUT2D eigenvalue weighted by Gasteiger charge is 2.29. The van der Waals surface area contributed by atoms with Gasteiger partial charge >= 0.3 is 5.97 Å². The minimum Gasteiger partial charge on any atom is -0.462 e. The highest BCUT2D eigenvalue weighted by Crippen LogP contribution is 2.28. The largest absolute Gasteiger partial charge is 0.462 e. The van der Waals surface area contributed by atoms with Crippen LogP contribution in [0.3, 0.4) is 0 Å². The minimum atomic E-state index is -0.405. The topological polar surface area (TPSA) is 80.7 Å². The first-order valence-electron chi connectivity index (χ1n) is 9.81. The first-order valence-corrected chi connectivity index (χ1v) is 9.81. The maximum atomic E-state index is 12.8. The Morgan fingerprint density at radius 2 is 1.52 bits per heavy atom. The van der Waals surface area contributed by atoms with Crippen molar-refractivity contribution in [3.63, 3.8) is 0 Å². The van der Waals surface area contributed by atoms with Crippen LogP contribution in [0, 0.1) is 0 Å². The lowest BCUT2D eigenvalue weighted by Gasteiger charge is -2.17. The fourth-order valence-electron chi connectivity index (χ4n) is 3.36. The second kappa shape index (κ2) is 9.43. The van der Waals surface area contributed by atoms with Crippen LogP contribution in [0.2, 0.25) is 0 Å². The zero-order valence-corrected chi connectivity index (χ0v) is 16.4. The lowest BCUT2D eigenvalue weighted by Crippen LogP contribution is -2.20. The van der Waals surface area contributed by atoms with Gasteiger partial charge in [0.05, 0.1) is 6.61 Å². The predicted molar refractivity (Wildman–Crippen MR) is 110 cm³/mol. The number of rotatable bonds is 8. The van der Waals surface area contributed by atoms with E-state index in [4.69, 9.17) is 9.84 Å². The summed E-state index contributed by atoms with van der Waals surface area (Å²) in [5.74, 6) is -0.755. The van der Waals surface area contributed by atoms with Crippen LogP contribution in [0.1, 0.15) is 70.0 Å². The van der Waals surface area contributed by atoms with Crippen LogP contribution in [0.15, 0.2) is 48.0 Å². The van der Waals surface area contributed by atoms with Gasteiger partial charge in [-0.05, 0) is 50.0 Å². The van der Waals surface area contributed by atoms with E-state index in [1.54, 1.807) is 55.5 Å². The summed E-state index contributed by atoms with van der Waals surface area (Å²) in [6, 6.07) is 11.8. The molecule has 2 aromatic rings. The minimum absolute atomic E-state index is 0.164. The predicted octanol–water partition coefficient (Wildman–Crippen LogP) is 3.96. The zero-order chi connectivity index (χ0) is 20.8. The lowest BCUT2D eigenvalue weighted by atomic mass is 9.83. The van der Waals surface area contributed by atoms with Gasteiger partial charge in [-0.1, -0.05) is 36.8 Å². The fourth-order valence-corrected chi connectivity index (χ4v) is 3.36. The third kappa shape index (κ3) is 4.69. The molecule has 0 fully saturated rings. The first kappa shape index (κ1) is 20.7. The van der Waals surface area contributed by atoms with E-state index in [0.717, 1.165) is 25.7 Å². The Morgan fingerprint density at radius 3 is 2.21 bits per heavy atom. The molecular weight excluding hydrogens is 368 g/mol. The molecule has 5 heteroatoms. The maximum absolute atomic E-state index is 12.8. The van der Waals surface area contributed by atoms with Gasteiger partial charge in [-0.15, -0.1) is 0 Å². The van der Waals surface area contributed by atoms with Crippen LogP contribution >= 0.6 is 0 Å². The van der Waals surface area contributed by atoms with Crippen LogP contribution in [0.4, 0.5) is 0 Å². The van der Waals surface area contributed by atoms with Gasteiger partial charge in [-0.25, -0.2) is 4.79 Å². The number of hydrogen-bond donors (Lipinski definition) is 1. The van der Waals surface area contributed by atoms with Gasteiger partial charge in [0, 0.05) is 34.4 Å². The number of ketones is 2. The van der Waals surface area contributed by atoms with Gasteiger partial charge in [-0.3, -0.25) is 9.59 Å². The third-order valence-electron chi connectivity index (χ3n) is 4.94. The molecule has 0 unspecified atom stereocenters. The van der Waals surface area contributed by atoms with E-state index in [9.17, 15) is 14.4 Å². The van der Waals surface area contributed by atoms with E-state index in [0.29, 0.717) is 40.0 Å². The van der Waals surface area contributed by atoms with Crippen molar-refractivity contribution in [2.24, 2.45) is 0 Å². The fraction of sp³-hybridized carbons (Fsp3) is 0.292. The molecule has 2 aromatic carbocycles. The van der Waals surface area contributed by atoms with Crippen molar-refractivity contribution >= 4 is 23.6 Å². The number of ether oxygens (including phenoxy) is 1. The number of carbonyl (C=O) groups is 3. The molecule has 0 saturated heterocycles. The molecule has 5 nitrogen and oxygen atoms in total. The molecule has 0 atom stereocenters. The Balaban J connectivity index is 1.70. The van der Waals surface area contributed by atoms with Gasteiger partial charge in [0.1, 0.15) is 0 Å². The number of carbonyl (C=O) groups excluding carboxylic acids is 3. The normalized spacial score (nSPS) is 13.1. The van der Waals surface area contributed by atoms with Crippen molar-refractivity contribution in [3.05, 3.63) is 75.9 Å². The van der Waals surface area contributed by atoms with Gasteiger partial charge < -0.3 is 9.84 Å². The van der Waals surface area contributed by atoms with E-state index in [-0.39, 0.29) is 18.2 Å². The van der Waals surface area contributed by atoms with E-state index < -0.39 is 5.97 Å². The van der Waals surface area contributed by atoms with Gasteiger partial charge in [0.2, 0.25) is 0 Å². The Kier molecular flexibility index (Phi) is 6.73.